The second-order valence-corrected chi connectivity index (χ2v) is 7.30. The van der Waals surface area contributed by atoms with Crippen molar-refractivity contribution in [2.24, 2.45) is 5.92 Å². The van der Waals surface area contributed by atoms with Gasteiger partial charge < -0.3 is 10.8 Å². The highest BCUT2D eigenvalue weighted by molar-refractivity contribution is 7.89. The van der Waals surface area contributed by atoms with Gasteiger partial charge in [-0.1, -0.05) is 0 Å². The predicted octanol–water partition coefficient (Wildman–Crippen LogP) is 0.568. The molecule has 1 fully saturated rings. The molecule has 0 atom stereocenters. The van der Waals surface area contributed by atoms with Gasteiger partial charge >= 0.3 is 0 Å². The molecule has 1 aromatic rings. The van der Waals surface area contributed by atoms with Crippen LogP contribution in [0, 0.1) is 16.0 Å². The third kappa shape index (κ3) is 3.14. The Hall–Kier alpha value is -1.71. The van der Waals surface area contributed by atoms with Crippen LogP contribution < -0.4 is 5.73 Å². The van der Waals surface area contributed by atoms with Gasteiger partial charge in [0.05, 0.1) is 15.9 Å². The Morgan fingerprint density at radius 1 is 1.48 bits per heavy atom. The van der Waals surface area contributed by atoms with E-state index in [2.05, 4.69) is 0 Å². The van der Waals surface area contributed by atoms with E-state index >= 15 is 0 Å². The van der Waals surface area contributed by atoms with Gasteiger partial charge in [0.1, 0.15) is 5.69 Å². The average Bonchev–Trinajstić information content (AvgIpc) is 2.36. The molecule has 0 heterocycles. The SMILES string of the molecule is CN(CC1CC(O)C1)S(=O)(=O)c1ccc([N+](=O)[O-])c(N)c1. The fraction of sp³-hybridized carbons (Fsp3) is 0.500. The smallest absolute Gasteiger partial charge is 0.292 e. The van der Waals surface area contributed by atoms with Gasteiger partial charge in [0.15, 0.2) is 0 Å². The van der Waals surface area contributed by atoms with E-state index in [1.54, 1.807) is 0 Å². The Bertz CT molecular complexity index is 655. The number of nitro benzene ring substituents is 1. The molecule has 0 unspecified atom stereocenters. The molecular formula is C12H17N3O5S. The highest BCUT2D eigenvalue weighted by atomic mass is 32.2. The summed E-state index contributed by atoms with van der Waals surface area (Å²) in [6.45, 7) is 0.302. The van der Waals surface area contributed by atoms with Gasteiger partial charge in [-0.2, -0.15) is 0 Å². The lowest BCUT2D eigenvalue weighted by Gasteiger charge is -2.34. The molecule has 0 aromatic heterocycles. The normalized spacial score (nSPS) is 22.0. The molecule has 1 saturated carbocycles. The number of aliphatic hydroxyl groups excluding tert-OH is 1. The zero-order valence-electron chi connectivity index (χ0n) is 11.5. The molecule has 116 valence electrons. The highest BCUT2D eigenvalue weighted by Crippen LogP contribution is 2.30. The Balaban J connectivity index is 2.18. The van der Waals surface area contributed by atoms with E-state index in [1.165, 1.54) is 17.4 Å². The zero-order chi connectivity index (χ0) is 15.8. The fourth-order valence-electron chi connectivity index (χ4n) is 2.35. The van der Waals surface area contributed by atoms with E-state index in [0.717, 1.165) is 12.1 Å². The average molecular weight is 315 g/mol. The van der Waals surface area contributed by atoms with Crippen molar-refractivity contribution < 1.29 is 18.4 Å². The van der Waals surface area contributed by atoms with Crippen LogP contribution in [0.25, 0.3) is 0 Å². The van der Waals surface area contributed by atoms with Crippen molar-refractivity contribution in [3.8, 4) is 0 Å². The first-order valence-electron chi connectivity index (χ1n) is 6.40. The summed E-state index contributed by atoms with van der Waals surface area (Å²) >= 11 is 0. The van der Waals surface area contributed by atoms with Crippen LogP contribution >= 0.6 is 0 Å². The second kappa shape index (κ2) is 5.58. The summed E-state index contributed by atoms with van der Waals surface area (Å²) < 4.78 is 25.9. The maximum atomic E-state index is 12.4. The van der Waals surface area contributed by atoms with E-state index < -0.39 is 14.9 Å². The van der Waals surface area contributed by atoms with Crippen molar-refractivity contribution >= 4 is 21.4 Å². The van der Waals surface area contributed by atoms with Crippen LogP contribution in [-0.4, -0.2) is 42.4 Å². The second-order valence-electron chi connectivity index (χ2n) is 5.25. The molecule has 0 radical (unpaired) electrons. The first-order chi connectivity index (χ1) is 9.71. The topological polar surface area (TPSA) is 127 Å². The number of hydrogen-bond acceptors (Lipinski definition) is 6. The number of nitrogen functional groups attached to an aromatic ring is 1. The fourth-order valence-corrected chi connectivity index (χ4v) is 3.63. The quantitative estimate of drug-likeness (QED) is 0.464. The summed E-state index contributed by atoms with van der Waals surface area (Å²) in [5, 5.41) is 19.9. The molecule has 2 rings (SSSR count). The zero-order valence-corrected chi connectivity index (χ0v) is 12.3. The van der Waals surface area contributed by atoms with E-state index in [9.17, 15) is 23.6 Å². The summed E-state index contributed by atoms with van der Waals surface area (Å²) in [7, 11) is -2.30. The van der Waals surface area contributed by atoms with E-state index in [1.807, 2.05) is 0 Å². The summed E-state index contributed by atoms with van der Waals surface area (Å²) in [5.74, 6) is 0.134. The summed E-state index contributed by atoms with van der Waals surface area (Å²) in [6, 6.07) is 3.36. The number of nitrogens with zero attached hydrogens (tertiary/aromatic N) is 2. The number of sulfonamides is 1. The molecule has 0 bridgehead atoms. The van der Waals surface area contributed by atoms with E-state index in [4.69, 9.17) is 5.73 Å². The van der Waals surface area contributed by atoms with Gasteiger partial charge in [0.2, 0.25) is 10.0 Å². The number of hydrogen-bond donors (Lipinski definition) is 2. The minimum Gasteiger partial charge on any atom is -0.393 e. The Morgan fingerprint density at radius 3 is 2.57 bits per heavy atom. The van der Waals surface area contributed by atoms with Crippen LogP contribution in [0.15, 0.2) is 23.1 Å². The van der Waals surface area contributed by atoms with Crippen LogP contribution in [0.1, 0.15) is 12.8 Å². The van der Waals surface area contributed by atoms with Crippen molar-refractivity contribution in [2.75, 3.05) is 19.3 Å². The first kappa shape index (κ1) is 15.7. The van der Waals surface area contributed by atoms with E-state index in [0.29, 0.717) is 19.4 Å². The van der Waals surface area contributed by atoms with Gasteiger partial charge in [-0.05, 0) is 30.9 Å². The minimum atomic E-state index is -3.74. The van der Waals surface area contributed by atoms with Gasteiger partial charge in [-0.25, -0.2) is 12.7 Å². The number of anilines is 1. The molecule has 0 saturated heterocycles. The Morgan fingerprint density at radius 2 is 2.10 bits per heavy atom. The molecule has 3 N–H and O–H groups in total. The van der Waals surface area contributed by atoms with Crippen molar-refractivity contribution in [1.82, 2.24) is 4.31 Å². The summed E-state index contributed by atoms with van der Waals surface area (Å²) in [6.07, 6.45) is 0.825. The molecule has 1 aromatic carbocycles. The number of rotatable bonds is 5. The third-order valence-electron chi connectivity index (χ3n) is 3.63. The molecule has 0 amide bonds. The van der Waals surface area contributed by atoms with Gasteiger partial charge in [-0.3, -0.25) is 10.1 Å². The maximum Gasteiger partial charge on any atom is 0.292 e. The molecule has 8 nitrogen and oxygen atoms in total. The van der Waals surface area contributed by atoms with Gasteiger partial charge in [0, 0.05) is 19.7 Å². The molecule has 1 aliphatic carbocycles. The van der Waals surface area contributed by atoms with Crippen LogP contribution in [0.2, 0.25) is 0 Å². The Labute approximate surface area is 122 Å². The molecule has 9 heteroatoms. The van der Waals surface area contributed by atoms with Crippen molar-refractivity contribution in [3.63, 3.8) is 0 Å². The number of benzene rings is 1. The maximum absolute atomic E-state index is 12.4. The number of nitrogens with two attached hydrogens (primary N) is 1. The molecular weight excluding hydrogens is 298 g/mol. The Kier molecular flexibility index (Phi) is 4.17. The van der Waals surface area contributed by atoms with Gasteiger partial charge in [-0.15, -0.1) is 0 Å². The van der Waals surface area contributed by atoms with Crippen LogP contribution in [-0.2, 0) is 10.0 Å². The van der Waals surface area contributed by atoms with Crippen molar-refractivity contribution in [2.45, 2.75) is 23.8 Å². The minimum absolute atomic E-state index is 0.0760. The van der Waals surface area contributed by atoms with E-state index in [-0.39, 0.29) is 28.3 Å². The monoisotopic (exact) mass is 315 g/mol. The van der Waals surface area contributed by atoms with Gasteiger partial charge in [0.25, 0.3) is 5.69 Å². The lowest BCUT2D eigenvalue weighted by molar-refractivity contribution is -0.383. The van der Waals surface area contributed by atoms with Crippen molar-refractivity contribution in [1.29, 1.82) is 0 Å². The lowest BCUT2D eigenvalue weighted by atomic mass is 9.82. The number of aliphatic hydroxyl groups is 1. The predicted molar refractivity (Wildman–Crippen MR) is 76.1 cm³/mol. The standard InChI is InChI=1S/C12H17N3O5S/c1-14(7-8-4-9(16)5-8)21(19,20)10-2-3-12(15(17)18)11(13)6-10/h2-3,6,8-9,16H,4-5,7,13H2,1H3. The van der Waals surface area contributed by atoms with Crippen LogP contribution in [0.3, 0.4) is 0 Å². The lowest BCUT2D eigenvalue weighted by Crippen LogP contribution is -2.39. The molecule has 0 spiro atoms. The summed E-state index contributed by atoms with van der Waals surface area (Å²) in [4.78, 5) is 9.94. The molecule has 0 aliphatic heterocycles. The third-order valence-corrected chi connectivity index (χ3v) is 5.45. The number of nitro groups is 1. The first-order valence-corrected chi connectivity index (χ1v) is 7.84. The largest absolute Gasteiger partial charge is 0.393 e. The molecule has 1 aliphatic rings. The van der Waals surface area contributed by atoms with Crippen LogP contribution in [0.5, 0.6) is 0 Å². The molecule has 21 heavy (non-hydrogen) atoms. The van der Waals surface area contributed by atoms with Crippen molar-refractivity contribution in [3.05, 3.63) is 28.3 Å². The summed E-state index contributed by atoms with van der Waals surface area (Å²) in [5.41, 5.74) is 5.01. The van der Waals surface area contributed by atoms with Crippen LogP contribution in [0.4, 0.5) is 11.4 Å². The highest BCUT2D eigenvalue weighted by Gasteiger charge is 2.32.